The van der Waals surface area contributed by atoms with Crippen molar-refractivity contribution in [2.75, 3.05) is 12.4 Å². The van der Waals surface area contributed by atoms with Crippen molar-refractivity contribution in [2.45, 2.75) is 51.7 Å². The van der Waals surface area contributed by atoms with Crippen molar-refractivity contribution in [3.8, 4) is 0 Å². The molecule has 0 aromatic rings. The number of Topliss-reactive ketones (excluding diaryl/α,β-unsaturated/α-hetero) is 1. The summed E-state index contributed by atoms with van der Waals surface area (Å²) in [5.41, 5.74) is 2.20. The molecule has 0 heterocycles. The SMILES string of the molecule is CCS[C@H](C)C[C@H]1CC(=O)C(/C(CC)=N\OC/C=C/Cl)=C(O)C1. The number of aliphatic hydroxyl groups excluding tert-OH is 1. The number of carbonyl (C=O) groups excluding carboxylic acids is 1. The van der Waals surface area contributed by atoms with Crippen molar-refractivity contribution < 1.29 is 14.7 Å². The van der Waals surface area contributed by atoms with Crippen LogP contribution in [0.3, 0.4) is 0 Å². The van der Waals surface area contributed by atoms with E-state index in [9.17, 15) is 9.90 Å². The van der Waals surface area contributed by atoms with Crippen LogP contribution in [0.2, 0.25) is 0 Å². The summed E-state index contributed by atoms with van der Waals surface area (Å²) in [5, 5.41) is 14.8. The van der Waals surface area contributed by atoms with Gasteiger partial charge < -0.3 is 9.94 Å². The molecule has 0 spiro atoms. The topological polar surface area (TPSA) is 58.9 Å². The Morgan fingerprint density at radius 3 is 2.83 bits per heavy atom. The zero-order chi connectivity index (χ0) is 17.2. The van der Waals surface area contributed by atoms with Gasteiger partial charge in [0, 0.05) is 23.6 Å². The van der Waals surface area contributed by atoms with Crippen LogP contribution < -0.4 is 0 Å². The van der Waals surface area contributed by atoms with E-state index in [1.54, 1.807) is 6.08 Å². The second-order valence-corrected chi connectivity index (χ2v) is 7.54. The first kappa shape index (κ1) is 20.1. The van der Waals surface area contributed by atoms with Gasteiger partial charge in [0.2, 0.25) is 0 Å². The molecular weight excluding hydrogens is 334 g/mol. The Labute approximate surface area is 148 Å². The van der Waals surface area contributed by atoms with E-state index in [0.29, 0.717) is 35.8 Å². The van der Waals surface area contributed by atoms with Crippen molar-refractivity contribution in [1.29, 1.82) is 0 Å². The van der Waals surface area contributed by atoms with Crippen molar-refractivity contribution >= 4 is 34.9 Å². The number of aliphatic hydroxyl groups is 1. The zero-order valence-corrected chi connectivity index (χ0v) is 15.6. The van der Waals surface area contributed by atoms with Crippen molar-refractivity contribution in [1.82, 2.24) is 0 Å². The monoisotopic (exact) mass is 359 g/mol. The molecule has 4 nitrogen and oxygen atoms in total. The maximum absolute atomic E-state index is 12.4. The first-order chi connectivity index (χ1) is 11.0. The first-order valence-electron chi connectivity index (χ1n) is 8.04. The highest BCUT2D eigenvalue weighted by atomic mass is 35.5. The van der Waals surface area contributed by atoms with Gasteiger partial charge in [0.15, 0.2) is 5.78 Å². The smallest absolute Gasteiger partial charge is 0.168 e. The lowest BCUT2D eigenvalue weighted by atomic mass is 9.82. The van der Waals surface area contributed by atoms with Crippen LogP contribution in [-0.2, 0) is 9.63 Å². The number of rotatable bonds is 9. The quantitative estimate of drug-likeness (QED) is 0.363. The van der Waals surface area contributed by atoms with E-state index in [0.717, 1.165) is 12.2 Å². The lowest BCUT2D eigenvalue weighted by Gasteiger charge is -2.25. The minimum Gasteiger partial charge on any atom is -0.511 e. The van der Waals surface area contributed by atoms with Gasteiger partial charge in [-0.15, -0.1) is 0 Å². The van der Waals surface area contributed by atoms with Gasteiger partial charge in [-0.25, -0.2) is 0 Å². The third-order valence-corrected chi connectivity index (χ3v) is 4.97. The van der Waals surface area contributed by atoms with Crippen LogP contribution in [0.15, 0.2) is 28.1 Å². The molecule has 1 rings (SSSR count). The third kappa shape index (κ3) is 6.60. The third-order valence-electron chi connectivity index (χ3n) is 3.70. The molecule has 0 amide bonds. The fourth-order valence-corrected chi connectivity index (χ4v) is 3.82. The second kappa shape index (κ2) is 10.8. The lowest BCUT2D eigenvalue weighted by molar-refractivity contribution is -0.116. The zero-order valence-electron chi connectivity index (χ0n) is 14.0. The van der Waals surface area contributed by atoms with Gasteiger partial charge in [0.25, 0.3) is 0 Å². The van der Waals surface area contributed by atoms with Gasteiger partial charge in [-0.3, -0.25) is 4.79 Å². The van der Waals surface area contributed by atoms with Crippen molar-refractivity contribution in [2.24, 2.45) is 11.1 Å². The molecule has 1 aliphatic carbocycles. The second-order valence-electron chi connectivity index (χ2n) is 5.57. The number of nitrogens with zero attached hydrogens (tertiary/aromatic N) is 1. The van der Waals surface area contributed by atoms with E-state index >= 15 is 0 Å². The minimum atomic E-state index is -0.0375. The predicted octanol–water partition coefficient (Wildman–Crippen LogP) is 4.84. The number of oxime groups is 1. The summed E-state index contributed by atoms with van der Waals surface area (Å²) in [7, 11) is 0. The molecule has 0 bridgehead atoms. The summed E-state index contributed by atoms with van der Waals surface area (Å²) in [6, 6.07) is 0. The number of halogens is 1. The van der Waals surface area contributed by atoms with Gasteiger partial charge in [0.05, 0.1) is 11.3 Å². The molecule has 0 saturated carbocycles. The summed E-state index contributed by atoms with van der Waals surface area (Å²) < 4.78 is 0. The Balaban J connectivity index is 2.79. The predicted molar refractivity (Wildman–Crippen MR) is 98.3 cm³/mol. The molecule has 0 aromatic carbocycles. The molecule has 0 unspecified atom stereocenters. The Kier molecular flexibility index (Phi) is 9.41. The molecule has 6 heteroatoms. The molecule has 1 N–H and O–H groups in total. The molecule has 130 valence electrons. The normalized spacial score (nSPS) is 21.1. The summed E-state index contributed by atoms with van der Waals surface area (Å²) in [6.45, 7) is 6.43. The maximum atomic E-state index is 12.4. The van der Waals surface area contributed by atoms with Crippen LogP contribution in [0.4, 0.5) is 0 Å². The Morgan fingerprint density at radius 1 is 1.52 bits per heavy atom. The summed E-state index contributed by atoms with van der Waals surface area (Å²) in [4.78, 5) is 17.6. The number of thioether (sulfide) groups is 1. The fraction of sp³-hybridized carbons (Fsp3) is 0.647. The highest BCUT2D eigenvalue weighted by Gasteiger charge is 2.31. The molecular formula is C17H26ClNO3S. The Morgan fingerprint density at radius 2 is 2.26 bits per heavy atom. The minimum absolute atomic E-state index is 0.0375. The molecule has 23 heavy (non-hydrogen) atoms. The lowest BCUT2D eigenvalue weighted by Crippen LogP contribution is -2.26. The molecule has 2 atom stereocenters. The maximum Gasteiger partial charge on any atom is 0.168 e. The number of carbonyl (C=O) groups is 1. The summed E-state index contributed by atoms with van der Waals surface area (Å²) >= 11 is 7.30. The Hall–Kier alpha value is -0.940. The molecule has 1 aliphatic rings. The summed E-state index contributed by atoms with van der Waals surface area (Å²) in [6.07, 6.45) is 4.09. The van der Waals surface area contributed by atoms with Crippen LogP contribution in [0.25, 0.3) is 0 Å². The first-order valence-corrected chi connectivity index (χ1v) is 9.53. The molecule has 0 aliphatic heterocycles. The number of ketones is 1. The van der Waals surface area contributed by atoms with E-state index in [-0.39, 0.29) is 24.1 Å². The van der Waals surface area contributed by atoms with Crippen LogP contribution in [-0.4, -0.2) is 34.2 Å². The fourth-order valence-electron chi connectivity index (χ4n) is 2.77. The van der Waals surface area contributed by atoms with Gasteiger partial charge in [-0.2, -0.15) is 11.8 Å². The van der Waals surface area contributed by atoms with E-state index in [2.05, 4.69) is 19.0 Å². The number of hydrogen-bond acceptors (Lipinski definition) is 5. The highest BCUT2D eigenvalue weighted by Crippen LogP contribution is 2.32. The van der Waals surface area contributed by atoms with Gasteiger partial charge >= 0.3 is 0 Å². The van der Waals surface area contributed by atoms with Gasteiger partial charge in [-0.05, 0) is 30.6 Å². The molecule has 0 radical (unpaired) electrons. The van der Waals surface area contributed by atoms with E-state index < -0.39 is 0 Å². The standard InChI is InChI=1S/C17H26ClNO3S/c1-4-14(19-22-8-6-7-18)17-15(20)10-13(11-16(17)21)9-12(3)23-5-2/h6-7,12-13,20H,4-5,8-11H2,1-3H3/b7-6+,19-14-/t12-,13-/m1/s1. The molecule has 0 saturated heterocycles. The van der Waals surface area contributed by atoms with Gasteiger partial charge in [0.1, 0.15) is 12.4 Å². The van der Waals surface area contributed by atoms with Crippen LogP contribution in [0, 0.1) is 5.92 Å². The van der Waals surface area contributed by atoms with E-state index in [1.807, 2.05) is 18.7 Å². The van der Waals surface area contributed by atoms with Crippen molar-refractivity contribution in [3.63, 3.8) is 0 Å². The highest BCUT2D eigenvalue weighted by molar-refractivity contribution is 7.99. The number of hydrogen-bond donors (Lipinski definition) is 1. The van der Waals surface area contributed by atoms with E-state index in [1.165, 1.54) is 5.54 Å². The average molecular weight is 360 g/mol. The molecule has 0 fully saturated rings. The molecule has 0 aromatic heterocycles. The summed E-state index contributed by atoms with van der Waals surface area (Å²) in [5.74, 6) is 1.38. The Bertz CT molecular complexity index is 488. The van der Waals surface area contributed by atoms with Crippen molar-refractivity contribution in [3.05, 3.63) is 22.9 Å². The number of allylic oxidation sites excluding steroid dienone is 2. The van der Waals surface area contributed by atoms with Gasteiger partial charge in [-0.1, -0.05) is 37.5 Å². The average Bonchev–Trinajstić information content (AvgIpc) is 2.49. The van der Waals surface area contributed by atoms with E-state index in [4.69, 9.17) is 16.4 Å². The van der Waals surface area contributed by atoms with Crippen LogP contribution in [0.5, 0.6) is 0 Å². The largest absolute Gasteiger partial charge is 0.511 e. The van der Waals surface area contributed by atoms with Crippen LogP contribution >= 0.6 is 23.4 Å². The van der Waals surface area contributed by atoms with Crippen LogP contribution in [0.1, 0.15) is 46.5 Å².